The largest absolute Gasteiger partial charge is 0.486 e. The summed E-state index contributed by atoms with van der Waals surface area (Å²) in [5.41, 5.74) is 2.20. The Labute approximate surface area is 440 Å². The van der Waals surface area contributed by atoms with Crippen LogP contribution in [0.1, 0.15) is 188 Å². The lowest BCUT2D eigenvalue weighted by Crippen LogP contribution is -2.53. The maximum absolute atomic E-state index is 13.0. The van der Waals surface area contributed by atoms with Gasteiger partial charge in [-0.3, -0.25) is 0 Å². The Bertz CT molecular complexity index is 2610. The van der Waals surface area contributed by atoms with Crippen LogP contribution in [0.2, 0.25) is 10.0 Å². The minimum Gasteiger partial charge on any atom is -0.486 e. The second-order valence-corrected chi connectivity index (χ2v) is 23.6. The molecule has 4 saturated carbocycles. The standard InChI is InChI=1S/C61H72Cl2O10/c1-35(2)12-10-13-36(3)49-22-23-50-46-21-20-42-28-37(24-26-60(42,4)51(46)25-27-61(49,50)5)14-11-19-43(40-29-47(58(68)69)54(52(62)31-40)72-33-38-15-6-8-17-44(38)56(64)65)41-30-48(59(70)71)55(53(63)32-41)73-34-39-16-7-9-18-45(39)57(66)67/h6-9,15-19,29-32,35-37,42,46,49-51H,10-14,20-28,33-34H2,1-5H3,(H,64,65)(H,66,67)(H,68,69)(H,70,71)/t36-,37+,42?,46+,49-,50+,51+,60+,61-/m1/s1. The van der Waals surface area contributed by atoms with Gasteiger partial charge in [0.25, 0.3) is 0 Å². The van der Waals surface area contributed by atoms with Gasteiger partial charge in [0.1, 0.15) is 24.3 Å². The maximum Gasteiger partial charge on any atom is 0.339 e. The lowest BCUT2D eigenvalue weighted by Gasteiger charge is -2.61. The van der Waals surface area contributed by atoms with Crippen LogP contribution in [0.3, 0.4) is 0 Å². The fourth-order valence-electron chi connectivity index (χ4n) is 14.6. The van der Waals surface area contributed by atoms with Gasteiger partial charge in [-0.25, -0.2) is 19.2 Å². The minimum absolute atomic E-state index is 0.00816. The number of carbonyl (C=O) groups is 4. The summed E-state index contributed by atoms with van der Waals surface area (Å²) in [5, 5.41) is 40.6. The predicted octanol–water partition coefficient (Wildman–Crippen LogP) is 15.9. The van der Waals surface area contributed by atoms with Crippen LogP contribution in [0.5, 0.6) is 11.5 Å². The number of allylic oxidation sites excluding steroid dienone is 1. The molecule has 73 heavy (non-hydrogen) atoms. The van der Waals surface area contributed by atoms with Gasteiger partial charge >= 0.3 is 23.9 Å². The van der Waals surface area contributed by atoms with Crippen molar-refractivity contribution < 1.29 is 49.1 Å². The number of ether oxygens (including phenoxy) is 2. The highest BCUT2D eigenvalue weighted by Gasteiger charge is 2.60. The number of carboxylic acids is 4. The van der Waals surface area contributed by atoms with Gasteiger partial charge < -0.3 is 29.9 Å². The Morgan fingerprint density at radius 1 is 0.644 bits per heavy atom. The smallest absolute Gasteiger partial charge is 0.339 e. The number of carboxylic acid groups (broad SMARTS) is 4. The summed E-state index contributed by atoms with van der Waals surface area (Å²) in [7, 11) is 0. The molecular weight excluding hydrogens is 964 g/mol. The highest BCUT2D eigenvalue weighted by molar-refractivity contribution is 6.33. The number of benzene rings is 4. The Hall–Kier alpha value is -5.32. The van der Waals surface area contributed by atoms with Crippen molar-refractivity contribution in [2.75, 3.05) is 0 Å². The normalized spacial score (nSPS) is 25.7. The van der Waals surface area contributed by atoms with E-state index in [1.165, 1.54) is 94.9 Å². The molecule has 0 aromatic heterocycles. The fraction of sp³-hybridized carbons (Fsp3) is 0.508. The van der Waals surface area contributed by atoms with E-state index in [2.05, 4.69) is 34.6 Å². The van der Waals surface area contributed by atoms with Gasteiger partial charge in [-0.05, 0) is 182 Å². The molecule has 4 aromatic rings. The van der Waals surface area contributed by atoms with Crippen LogP contribution < -0.4 is 9.47 Å². The van der Waals surface area contributed by atoms with Crippen molar-refractivity contribution in [1.29, 1.82) is 0 Å². The molecular formula is C61H72Cl2O10. The van der Waals surface area contributed by atoms with Crippen molar-refractivity contribution in [3.05, 3.63) is 133 Å². The number of rotatable bonds is 20. The minimum atomic E-state index is -1.33. The van der Waals surface area contributed by atoms with Crippen molar-refractivity contribution in [1.82, 2.24) is 0 Å². The molecule has 0 aliphatic heterocycles. The lowest BCUT2D eigenvalue weighted by molar-refractivity contribution is -0.121. The van der Waals surface area contributed by atoms with Crippen LogP contribution in [0.25, 0.3) is 5.57 Å². The van der Waals surface area contributed by atoms with Crippen LogP contribution in [0.15, 0.2) is 78.9 Å². The first kappa shape index (κ1) is 54.0. The highest BCUT2D eigenvalue weighted by Crippen LogP contribution is 2.69. The van der Waals surface area contributed by atoms with Crippen LogP contribution in [-0.4, -0.2) is 44.3 Å². The summed E-state index contributed by atoms with van der Waals surface area (Å²) in [6.07, 6.45) is 19.1. The first-order valence-electron chi connectivity index (χ1n) is 26.5. The first-order valence-corrected chi connectivity index (χ1v) is 27.3. The summed E-state index contributed by atoms with van der Waals surface area (Å²) < 4.78 is 11.9. The molecule has 0 heterocycles. The van der Waals surface area contributed by atoms with Gasteiger partial charge in [-0.2, -0.15) is 0 Å². The van der Waals surface area contributed by atoms with Gasteiger partial charge in [0.15, 0.2) is 11.5 Å². The van der Waals surface area contributed by atoms with Gasteiger partial charge in [0.05, 0.1) is 21.2 Å². The number of aromatic carboxylic acids is 4. The zero-order chi connectivity index (χ0) is 52.4. The second kappa shape index (κ2) is 22.7. The van der Waals surface area contributed by atoms with Crippen molar-refractivity contribution in [3.8, 4) is 11.5 Å². The van der Waals surface area contributed by atoms with E-state index in [0.717, 1.165) is 48.3 Å². The topological polar surface area (TPSA) is 168 Å². The van der Waals surface area contributed by atoms with Crippen LogP contribution in [0, 0.1) is 58.2 Å². The van der Waals surface area contributed by atoms with Gasteiger partial charge in [0.2, 0.25) is 0 Å². The quantitative estimate of drug-likeness (QED) is 0.0669. The third-order valence-corrected chi connectivity index (χ3v) is 18.9. The van der Waals surface area contributed by atoms with E-state index < -0.39 is 23.9 Å². The molecule has 10 nitrogen and oxygen atoms in total. The number of hydrogen-bond donors (Lipinski definition) is 4. The van der Waals surface area contributed by atoms with E-state index >= 15 is 0 Å². The molecule has 4 fully saturated rings. The molecule has 4 aliphatic rings. The molecule has 12 heteroatoms. The van der Waals surface area contributed by atoms with Crippen molar-refractivity contribution >= 4 is 52.7 Å². The molecule has 0 bridgehead atoms. The molecule has 0 amide bonds. The lowest BCUT2D eigenvalue weighted by atomic mass is 9.44. The molecule has 4 aromatic carbocycles. The molecule has 8 rings (SSSR count). The molecule has 390 valence electrons. The summed E-state index contributed by atoms with van der Waals surface area (Å²) in [6, 6.07) is 18.5. The summed E-state index contributed by atoms with van der Waals surface area (Å²) in [4.78, 5) is 49.8. The maximum atomic E-state index is 13.0. The zero-order valence-corrected chi connectivity index (χ0v) is 44.4. The van der Waals surface area contributed by atoms with Crippen LogP contribution in [-0.2, 0) is 13.2 Å². The van der Waals surface area contributed by atoms with E-state index in [-0.39, 0.29) is 57.0 Å². The van der Waals surface area contributed by atoms with Crippen molar-refractivity contribution in [2.24, 2.45) is 58.2 Å². The predicted molar refractivity (Wildman–Crippen MR) is 285 cm³/mol. The van der Waals surface area contributed by atoms with Gasteiger partial charge in [-0.15, -0.1) is 0 Å². The monoisotopic (exact) mass is 1030 g/mol. The zero-order valence-electron chi connectivity index (χ0n) is 42.9. The van der Waals surface area contributed by atoms with Crippen LogP contribution >= 0.6 is 23.2 Å². The fourth-order valence-corrected chi connectivity index (χ4v) is 15.2. The van der Waals surface area contributed by atoms with Crippen molar-refractivity contribution in [3.63, 3.8) is 0 Å². The average molecular weight is 1040 g/mol. The third-order valence-electron chi connectivity index (χ3n) is 18.3. The molecule has 0 saturated heterocycles. The Morgan fingerprint density at radius 2 is 1.16 bits per heavy atom. The third kappa shape index (κ3) is 11.4. The second-order valence-electron chi connectivity index (χ2n) is 22.8. The SMILES string of the molecule is CC(C)CCC[C@@H](C)[C@H]1CC[C@H]2[C@@H]3CCC4C[C@@H](CCC=C(c5cc(Cl)c(OCc6ccccc6C(=O)O)c(C(=O)O)c5)c5cc(Cl)c(OCc6ccccc6C(=O)O)c(C(=O)O)c5)CC[C@]4(C)[C@H]3CC[C@]12C. The summed E-state index contributed by atoms with van der Waals surface area (Å²) in [6.45, 7) is 12.0. The van der Waals surface area contributed by atoms with E-state index in [1.54, 1.807) is 48.5 Å². The van der Waals surface area contributed by atoms with Gasteiger partial charge in [0, 0.05) is 11.1 Å². The van der Waals surface area contributed by atoms with E-state index in [9.17, 15) is 39.6 Å². The Morgan fingerprint density at radius 3 is 1.70 bits per heavy atom. The average Bonchev–Trinajstić information content (AvgIpc) is 3.71. The molecule has 0 spiro atoms. The number of fused-ring (bicyclic) bond motifs is 5. The molecule has 0 radical (unpaired) electrons. The van der Waals surface area contributed by atoms with E-state index in [4.69, 9.17) is 32.7 Å². The summed E-state index contributed by atoms with van der Waals surface area (Å²) >= 11 is 13.8. The molecule has 9 atom stereocenters. The number of hydrogen-bond acceptors (Lipinski definition) is 6. The molecule has 4 aliphatic carbocycles. The van der Waals surface area contributed by atoms with E-state index in [1.807, 2.05) is 6.08 Å². The summed E-state index contributed by atoms with van der Waals surface area (Å²) in [5.74, 6) is 0.679. The Kier molecular flexibility index (Phi) is 16.7. The van der Waals surface area contributed by atoms with E-state index in [0.29, 0.717) is 56.9 Å². The number of halogens is 2. The molecule has 4 N–H and O–H groups in total. The Balaban J connectivity index is 1.05. The molecule has 1 unspecified atom stereocenters. The first-order chi connectivity index (χ1) is 34.8. The van der Waals surface area contributed by atoms with Crippen LogP contribution in [0.4, 0.5) is 0 Å². The van der Waals surface area contributed by atoms with Gasteiger partial charge in [-0.1, -0.05) is 120 Å². The highest BCUT2D eigenvalue weighted by atomic mass is 35.5. The van der Waals surface area contributed by atoms with Crippen molar-refractivity contribution in [2.45, 2.75) is 138 Å².